The zero-order valence-corrected chi connectivity index (χ0v) is 18.3. The fraction of sp³-hybridized carbons (Fsp3) is 0.474. The molecule has 0 aliphatic carbocycles. The zero-order valence-electron chi connectivity index (χ0n) is 16.6. The third kappa shape index (κ3) is 4.06. The molecule has 0 radical (unpaired) electrons. The summed E-state index contributed by atoms with van der Waals surface area (Å²) >= 11 is 1.57. The first-order chi connectivity index (χ1) is 13.2. The van der Waals surface area contributed by atoms with Crippen LogP contribution in [0.5, 0.6) is 0 Å². The lowest BCUT2D eigenvalue weighted by atomic mass is 10.3. The lowest BCUT2D eigenvalue weighted by molar-refractivity contribution is -0.127. The maximum absolute atomic E-state index is 13.2. The number of carbonyl (C=O) groups excluding carboxylic acids is 1. The van der Waals surface area contributed by atoms with E-state index in [-0.39, 0.29) is 25.0 Å². The molecule has 152 valence electrons. The number of hydrogen-bond donors (Lipinski definition) is 0. The van der Waals surface area contributed by atoms with Crippen LogP contribution in [0.1, 0.15) is 36.2 Å². The molecule has 1 fully saturated rings. The van der Waals surface area contributed by atoms with Crippen LogP contribution in [0.4, 0.5) is 0 Å². The monoisotopic (exact) mass is 422 g/mol. The predicted molar refractivity (Wildman–Crippen MR) is 111 cm³/mol. The van der Waals surface area contributed by atoms with Gasteiger partial charge in [-0.15, -0.1) is 11.3 Å². The van der Waals surface area contributed by atoms with Gasteiger partial charge >= 0.3 is 0 Å². The lowest BCUT2D eigenvalue weighted by Gasteiger charge is -2.33. The number of amides is 1. The van der Waals surface area contributed by atoms with E-state index in [1.807, 2.05) is 31.4 Å². The van der Waals surface area contributed by atoms with Crippen LogP contribution < -0.4 is 0 Å². The molecule has 1 saturated heterocycles. The number of aromatic nitrogens is 2. The molecule has 0 unspecified atom stereocenters. The SMILES string of the molecule is Cc1nn(C(C)C)c(C)c1S(=O)(=O)N1CCN(C(=O)C=Cc2cccs2)CC1. The van der Waals surface area contributed by atoms with Crippen LogP contribution in [-0.4, -0.2) is 59.5 Å². The van der Waals surface area contributed by atoms with Gasteiger partial charge in [0.25, 0.3) is 0 Å². The summed E-state index contributed by atoms with van der Waals surface area (Å²) in [6.45, 7) is 8.80. The Balaban J connectivity index is 1.70. The Bertz CT molecular complexity index is 967. The Hall–Kier alpha value is -1.97. The van der Waals surface area contributed by atoms with E-state index in [0.29, 0.717) is 29.4 Å². The Morgan fingerprint density at radius 2 is 1.89 bits per heavy atom. The van der Waals surface area contributed by atoms with Gasteiger partial charge in [-0.05, 0) is 45.2 Å². The molecule has 0 saturated carbocycles. The summed E-state index contributed by atoms with van der Waals surface area (Å²) in [6, 6.07) is 3.97. The van der Waals surface area contributed by atoms with E-state index >= 15 is 0 Å². The van der Waals surface area contributed by atoms with Crippen LogP contribution in [-0.2, 0) is 14.8 Å². The minimum Gasteiger partial charge on any atom is -0.337 e. The van der Waals surface area contributed by atoms with Gasteiger partial charge in [0, 0.05) is 43.2 Å². The van der Waals surface area contributed by atoms with Gasteiger partial charge in [0.2, 0.25) is 15.9 Å². The minimum atomic E-state index is -3.64. The minimum absolute atomic E-state index is 0.0900. The molecule has 0 atom stereocenters. The summed E-state index contributed by atoms with van der Waals surface area (Å²) < 4.78 is 29.6. The van der Waals surface area contributed by atoms with Crippen LogP contribution in [0.3, 0.4) is 0 Å². The van der Waals surface area contributed by atoms with Crippen LogP contribution in [0, 0.1) is 13.8 Å². The van der Waals surface area contributed by atoms with Crippen molar-refractivity contribution in [2.24, 2.45) is 0 Å². The largest absolute Gasteiger partial charge is 0.337 e. The number of thiophene rings is 1. The molecular formula is C19H26N4O3S2. The Morgan fingerprint density at radius 3 is 2.43 bits per heavy atom. The number of rotatable bonds is 5. The second kappa shape index (κ2) is 8.18. The summed E-state index contributed by atoms with van der Waals surface area (Å²) in [5, 5.41) is 6.36. The normalized spacial score (nSPS) is 16.4. The highest BCUT2D eigenvalue weighted by Gasteiger charge is 2.34. The second-order valence-electron chi connectivity index (χ2n) is 7.12. The summed E-state index contributed by atoms with van der Waals surface area (Å²) in [7, 11) is -3.64. The molecule has 1 aliphatic heterocycles. The number of piperazine rings is 1. The highest BCUT2D eigenvalue weighted by molar-refractivity contribution is 7.89. The first kappa shape index (κ1) is 20.8. The molecule has 0 spiro atoms. The first-order valence-electron chi connectivity index (χ1n) is 9.28. The van der Waals surface area contributed by atoms with Crippen molar-refractivity contribution < 1.29 is 13.2 Å². The van der Waals surface area contributed by atoms with Gasteiger partial charge in [-0.1, -0.05) is 6.07 Å². The number of hydrogen-bond acceptors (Lipinski definition) is 5. The van der Waals surface area contributed by atoms with E-state index in [4.69, 9.17) is 0 Å². The van der Waals surface area contributed by atoms with Crippen molar-refractivity contribution in [2.75, 3.05) is 26.2 Å². The number of carbonyl (C=O) groups is 1. The van der Waals surface area contributed by atoms with Gasteiger partial charge in [0.05, 0.1) is 11.4 Å². The molecule has 2 aromatic heterocycles. The second-order valence-corrected chi connectivity index (χ2v) is 9.97. The van der Waals surface area contributed by atoms with Gasteiger partial charge in [-0.2, -0.15) is 9.40 Å². The number of sulfonamides is 1. The maximum Gasteiger partial charge on any atom is 0.246 e. The highest BCUT2D eigenvalue weighted by atomic mass is 32.2. The quantitative estimate of drug-likeness (QED) is 0.695. The molecule has 28 heavy (non-hydrogen) atoms. The molecule has 9 heteroatoms. The van der Waals surface area contributed by atoms with Crippen molar-refractivity contribution in [1.82, 2.24) is 19.0 Å². The first-order valence-corrected chi connectivity index (χ1v) is 11.6. The number of nitrogens with zero attached hydrogens (tertiary/aromatic N) is 4. The molecule has 7 nitrogen and oxygen atoms in total. The fourth-order valence-corrected chi connectivity index (χ4v) is 5.85. The van der Waals surface area contributed by atoms with Crippen molar-refractivity contribution in [2.45, 2.75) is 38.6 Å². The van der Waals surface area contributed by atoms with Crippen molar-refractivity contribution in [3.05, 3.63) is 39.9 Å². The molecule has 1 aliphatic rings. The van der Waals surface area contributed by atoms with Crippen molar-refractivity contribution in [3.8, 4) is 0 Å². The Labute approximate surface area is 170 Å². The van der Waals surface area contributed by atoms with Crippen molar-refractivity contribution in [3.63, 3.8) is 0 Å². The molecule has 3 rings (SSSR count). The van der Waals surface area contributed by atoms with E-state index < -0.39 is 10.0 Å². The molecule has 3 heterocycles. The van der Waals surface area contributed by atoms with E-state index in [1.165, 1.54) is 4.31 Å². The van der Waals surface area contributed by atoms with Gasteiger partial charge in [-0.3, -0.25) is 9.48 Å². The summed E-state index contributed by atoms with van der Waals surface area (Å²) in [6.07, 6.45) is 3.35. The maximum atomic E-state index is 13.2. The molecule has 0 aromatic carbocycles. The zero-order chi connectivity index (χ0) is 20.5. The van der Waals surface area contributed by atoms with Crippen LogP contribution in [0.25, 0.3) is 6.08 Å². The van der Waals surface area contributed by atoms with E-state index in [9.17, 15) is 13.2 Å². The fourth-order valence-electron chi connectivity index (χ4n) is 3.45. The molecule has 1 amide bonds. The summed E-state index contributed by atoms with van der Waals surface area (Å²) in [4.78, 5) is 15.4. The van der Waals surface area contributed by atoms with Crippen LogP contribution in [0.15, 0.2) is 28.5 Å². The Morgan fingerprint density at radius 1 is 1.21 bits per heavy atom. The summed E-state index contributed by atoms with van der Waals surface area (Å²) in [5.74, 6) is -0.0922. The molecule has 2 aromatic rings. The molecule has 0 N–H and O–H groups in total. The van der Waals surface area contributed by atoms with Gasteiger partial charge < -0.3 is 4.90 Å². The van der Waals surface area contributed by atoms with E-state index in [2.05, 4.69) is 5.10 Å². The van der Waals surface area contributed by atoms with Crippen LogP contribution in [0.2, 0.25) is 0 Å². The highest BCUT2D eigenvalue weighted by Crippen LogP contribution is 2.26. The predicted octanol–water partition coefficient (Wildman–Crippen LogP) is 2.69. The van der Waals surface area contributed by atoms with Crippen molar-refractivity contribution in [1.29, 1.82) is 0 Å². The van der Waals surface area contributed by atoms with Gasteiger partial charge in [0.15, 0.2) is 0 Å². The van der Waals surface area contributed by atoms with E-state index in [0.717, 1.165) is 4.88 Å². The van der Waals surface area contributed by atoms with Gasteiger partial charge in [0.1, 0.15) is 4.90 Å². The molecular weight excluding hydrogens is 396 g/mol. The third-order valence-corrected chi connectivity index (χ3v) is 7.82. The Kier molecular flexibility index (Phi) is 6.07. The van der Waals surface area contributed by atoms with Crippen molar-refractivity contribution >= 4 is 33.3 Å². The molecule has 0 bridgehead atoms. The average Bonchev–Trinajstić information content (AvgIpc) is 3.27. The smallest absolute Gasteiger partial charge is 0.246 e. The average molecular weight is 423 g/mol. The van der Waals surface area contributed by atoms with E-state index in [1.54, 1.807) is 46.9 Å². The number of aryl methyl sites for hydroxylation is 1. The van der Waals surface area contributed by atoms with Crippen LogP contribution >= 0.6 is 11.3 Å². The summed E-state index contributed by atoms with van der Waals surface area (Å²) in [5.41, 5.74) is 1.17. The lowest BCUT2D eigenvalue weighted by Crippen LogP contribution is -2.50. The topological polar surface area (TPSA) is 75.5 Å². The third-order valence-electron chi connectivity index (χ3n) is 4.83. The standard InChI is InChI=1S/C19H26N4O3S2/c1-14(2)23-16(4)19(15(3)20-23)28(25,26)22-11-9-21(10-12-22)18(24)8-7-17-6-5-13-27-17/h5-8,13-14H,9-12H2,1-4H3. The van der Waals surface area contributed by atoms with Gasteiger partial charge in [-0.25, -0.2) is 8.42 Å².